The second-order valence-corrected chi connectivity index (χ2v) is 9.97. The molecule has 2 aromatic carbocycles. The van der Waals surface area contributed by atoms with Gasteiger partial charge in [0.1, 0.15) is 11.9 Å². The molecule has 0 heterocycles. The molecule has 1 atom stereocenters. The SMILES string of the molecule is CCCCNC(=O)C(C)N(Cc1ccc(F)cc1)C(=O)CN(Cc1ccccc1)S(C)(=O)=O. The lowest BCUT2D eigenvalue weighted by Crippen LogP contribution is -2.51. The summed E-state index contributed by atoms with van der Waals surface area (Å²) < 4.78 is 39.2. The first-order valence-corrected chi connectivity index (χ1v) is 12.8. The highest BCUT2D eigenvalue weighted by Gasteiger charge is 2.29. The molecule has 9 heteroatoms. The normalized spacial score (nSPS) is 12.4. The largest absolute Gasteiger partial charge is 0.354 e. The van der Waals surface area contributed by atoms with Crippen molar-refractivity contribution in [3.8, 4) is 0 Å². The van der Waals surface area contributed by atoms with Crippen molar-refractivity contribution < 1.29 is 22.4 Å². The molecule has 180 valence electrons. The van der Waals surface area contributed by atoms with Gasteiger partial charge in [-0.3, -0.25) is 9.59 Å². The number of rotatable bonds is 12. The lowest BCUT2D eigenvalue weighted by Gasteiger charge is -2.31. The van der Waals surface area contributed by atoms with Crippen LogP contribution in [0.25, 0.3) is 0 Å². The van der Waals surface area contributed by atoms with Gasteiger partial charge in [0.05, 0.1) is 12.8 Å². The number of hydrogen-bond donors (Lipinski definition) is 1. The monoisotopic (exact) mass is 477 g/mol. The molecule has 0 radical (unpaired) electrons. The fraction of sp³-hybridized carbons (Fsp3) is 0.417. The molecule has 2 rings (SSSR count). The van der Waals surface area contributed by atoms with Gasteiger partial charge < -0.3 is 10.2 Å². The molecular formula is C24H32FN3O4S. The number of carbonyl (C=O) groups is 2. The number of sulfonamides is 1. The summed E-state index contributed by atoms with van der Waals surface area (Å²) in [4.78, 5) is 27.3. The van der Waals surface area contributed by atoms with Crippen molar-refractivity contribution in [3.05, 3.63) is 71.5 Å². The van der Waals surface area contributed by atoms with E-state index in [0.29, 0.717) is 12.1 Å². The van der Waals surface area contributed by atoms with Gasteiger partial charge in [0.15, 0.2) is 0 Å². The Morgan fingerprint density at radius 1 is 1.00 bits per heavy atom. The van der Waals surface area contributed by atoms with E-state index < -0.39 is 34.3 Å². The maximum Gasteiger partial charge on any atom is 0.242 e. The summed E-state index contributed by atoms with van der Waals surface area (Å²) in [5.41, 5.74) is 1.37. The van der Waals surface area contributed by atoms with Crippen LogP contribution >= 0.6 is 0 Å². The first kappa shape index (κ1) is 26.5. The van der Waals surface area contributed by atoms with Crippen LogP contribution in [-0.4, -0.2) is 54.8 Å². The average molecular weight is 478 g/mol. The topological polar surface area (TPSA) is 86.8 Å². The standard InChI is InChI=1S/C24H32FN3O4S/c1-4-5-15-26-24(30)19(2)28(17-21-11-13-22(25)14-12-21)23(29)18-27(33(3,31)32)16-20-9-7-6-8-10-20/h6-14,19H,4-5,15-18H2,1-3H3,(H,26,30). The summed E-state index contributed by atoms with van der Waals surface area (Å²) in [7, 11) is -3.70. The van der Waals surface area contributed by atoms with Crippen molar-refractivity contribution in [3.63, 3.8) is 0 Å². The maximum atomic E-state index is 13.3. The Hall–Kier alpha value is -2.78. The van der Waals surface area contributed by atoms with E-state index in [0.717, 1.165) is 29.0 Å². The van der Waals surface area contributed by atoms with Gasteiger partial charge in [-0.2, -0.15) is 4.31 Å². The van der Waals surface area contributed by atoms with Crippen LogP contribution in [-0.2, 0) is 32.7 Å². The van der Waals surface area contributed by atoms with E-state index in [1.807, 2.05) is 13.0 Å². The zero-order chi connectivity index (χ0) is 24.4. The number of amides is 2. The smallest absolute Gasteiger partial charge is 0.242 e. The summed E-state index contributed by atoms with van der Waals surface area (Å²) >= 11 is 0. The molecule has 2 aromatic rings. The molecule has 0 bridgehead atoms. The molecule has 0 aliphatic carbocycles. The van der Waals surface area contributed by atoms with E-state index in [-0.39, 0.29) is 19.0 Å². The summed E-state index contributed by atoms with van der Waals surface area (Å²) in [6.07, 6.45) is 2.77. The molecule has 0 aliphatic heterocycles. The second kappa shape index (κ2) is 12.5. The van der Waals surface area contributed by atoms with Crippen LogP contribution in [0.2, 0.25) is 0 Å². The van der Waals surface area contributed by atoms with Gasteiger partial charge in [0, 0.05) is 19.6 Å². The van der Waals surface area contributed by atoms with E-state index in [1.165, 1.54) is 29.2 Å². The van der Waals surface area contributed by atoms with Gasteiger partial charge in [0.2, 0.25) is 21.8 Å². The zero-order valence-corrected chi connectivity index (χ0v) is 20.1. The molecule has 0 saturated carbocycles. The first-order chi connectivity index (χ1) is 15.6. The Labute approximate surface area is 195 Å². The Morgan fingerprint density at radius 2 is 1.61 bits per heavy atom. The molecule has 33 heavy (non-hydrogen) atoms. The third-order valence-corrected chi connectivity index (χ3v) is 6.44. The predicted octanol–water partition coefficient (Wildman–Crippen LogP) is 2.92. The van der Waals surface area contributed by atoms with E-state index in [4.69, 9.17) is 0 Å². The van der Waals surface area contributed by atoms with Crippen LogP contribution in [0.3, 0.4) is 0 Å². The predicted molar refractivity (Wildman–Crippen MR) is 126 cm³/mol. The summed E-state index contributed by atoms with van der Waals surface area (Å²) in [5, 5.41) is 2.81. The van der Waals surface area contributed by atoms with Gasteiger partial charge in [0.25, 0.3) is 0 Å². The average Bonchev–Trinajstić information content (AvgIpc) is 2.78. The van der Waals surface area contributed by atoms with Gasteiger partial charge in [-0.25, -0.2) is 12.8 Å². The third-order valence-electron chi connectivity index (χ3n) is 5.25. The minimum Gasteiger partial charge on any atom is -0.354 e. The van der Waals surface area contributed by atoms with Crippen molar-refractivity contribution >= 4 is 21.8 Å². The van der Waals surface area contributed by atoms with Crippen LogP contribution in [0.5, 0.6) is 0 Å². The molecule has 1 N–H and O–H groups in total. The van der Waals surface area contributed by atoms with Gasteiger partial charge in [-0.15, -0.1) is 0 Å². The molecule has 1 unspecified atom stereocenters. The summed E-state index contributed by atoms with van der Waals surface area (Å²) in [6.45, 7) is 3.76. The van der Waals surface area contributed by atoms with E-state index in [1.54, 1.807) is 31.2 Å². The van der Waals surface area contributed by atoms with Crippen molar-refractivity contribution in [1.82, 2.24) is 14.5 Å². The van der Waals surface area contributed by atoms with E-state index >= 15 is 0 Å². The molecule has 0 saturated heterocycles. The lowest BCUT2D eigenvalue weighted by atomic mass is 10.1. The van der Waals surface area contributed by atoms with Gasteiger partial charge >= 0.3 is 0 Å². The third kappa shape index (κ3) is 8.58. The highest BCUT2D eigenvalue weighted by Crippen LogP contribution is 2.14. The quantitative estimate of drug-likeness (QED) is 0.476. The Bertz CT molecular complexity index is 1010. The molecule has 2 amide bonds. The minimum atomic E-state index is -3.70. The van der Waals surface area contributed by atoms with Gasteiger partial charge in [-0.1, -0.05) is 55.8 Å². The fourth-order valence-electron chi connectivity index (χ4n) is 3.22. The molecule has 0 spiro atoms. The van der Waals surface area contributed by atoms with Crippen LogP contribution in [0.15, 0.2) is 54.6 Å². The van der Waals surface area contributed by atoms with Crippen LogP contribution in [0.4, 0.5) is 4.39 Å². The Balaban J connectivity index is 2.25. The van der Waals surface area contributed by atoms with Crippen molar-refractivity contribution in [2.24, 2.45) is 0 Å². The summed E-state index contributed by atoms with van der Waals surface area (Å²) in [6, 6.07) is 13.8. The maximum absolute atomic E-state index is 13.3. The highest BCUT2D eigenvalue weighted by molar-refractivity contribution is 7.88. The number of nitrogens with one attached hydrogen (secondary N) is 1. The van der Waals surface area contributed by atoms with Crippen LogP contribution in [0, 0.1) is 5.82 Å². The number of halogens is 1. The Kier molecular flexibility index (Phi) is 9.99. The van der Waals surface area contributed by atoms with Crippen molar-refractivity contribution in [2.45, 2.75) is 45.8 Å². The number of hydrogen-bond acceptors (Lipinski definition) is 4. The van der Waals surface area contributed by atoms with Crippen LogP contribution in [0.1, 0.15) is 37.8 Å². The Morgan fingerprint density at radius 3 is 2.18 bits per heavy atom. The minimum absolute atomic E-state index is 0.0346. The number of unbranched alkanes of at least 4 members (excludes halogenated alkanes) is 1. The van der Waals surface area contributed by atoms with Gasteiger partial charge in [-0.05, 0) is 36.6 Å². The summed E-state index contributed by atoms with van der Waals surface area (Å²) in [5.74, 6) is -1.25. The molecule has 0 aliphatic rings. The molecule has 0 aromatic heterocycles. The lowest BCUT2D eigenvalue weighted by molar-refractivity contribution is -0.140. The zero-order valence-electron chi connectivity index (χ0n) is 19.3. The van der Waals surface area contributed by atoms with Crippen molar-refractivity contribution in [2.75, 3.05) is 19.3 Å². The molecule has 7 nitrogen and oxygen atoms in total. The van der Waals surface area contributed by atoms with Crippen molar-refractivity contribution in [1.29, 1.82) is 0 Å². The van der Waals surface area contributed by atoms with E-state index in [9.17, 15) is 22.4 Å². The van der Waals surface area contributed by atoms with Crippen LogP contribution < -0.4 is 5.32 Å². The second-order valence-electron chi connectivity index (χ2n) is 7.99. The number of nitrogens with zero attached hydrogens (tertiary/aromatic N) is 2. The number of carbonyl (C=O) groups excluding carboxylic acids is 2. The molecule has 0 fully saturated rings. The fourth-order valence-corrected chi connectivity index (χ4v) is 3.95. The van der Waals surface area contributed by atoms with E-state index in [2.05, 4.69) is 5.32 Å². The molecular weight excluding hydrogens is 445 g/mol. The first-order valence-electron chi connectivity index (χ1n) is 10.9. The number of benzene rings is 2. The highest BCUT2D eigenvalue weighted by atomic mass is 32.2.